The molecule has 1 aromatic heterocycles. The van der Waals surface area contributed by atoms with Crippen LogP contribution in [0.2, 0.25) is 0 Å². The molecule has 2 fully saturated rings. The lowest BCUT2D eigenvalue weighted by Gasteiger charge is -2.38. The number of aromatic nitrogens is 2. The van der Waals surface area contributed by atoms with Crippen LogP contribution in [0.1, 0.15) is 24.1 Å². The Labute approximate surface area is 228 Å². The van der Waals surface area contributed by atoms with Gasteiger partial charge in [0.05, 0.1) is 12.2 Å². The van der Waals surface area contributed by atoms with E-state index in [1.54, 1.807) is 6.07 Å². The molecule has 3 aliphatic heterocycles. The first-order valence-electron chi connectivity index (χ1n) is 13.8. The lowest BCUT2D eigenvalue weighted by molar-refractivity contribution is -0.126. The van der Waals surface area contributed by atoms with E-state index in [0.717, 1.165) is 54.1 Å². The molecule has 1 amide bonds. The second kappa shape index (κ2) is 10.8. The van der Waals surface area contributed by atoms with Crippen molar-refractivity contribution in [3.8, 4) is 6.01 Å². The summed E-state index contributed by atoms with van der Waals surface area (Å²) >= 11 is 0. The van der Waals surface area contributed by atoms with Crippen LogP contribution in [0.5, 0.6) is 6.01 Å². The Hall–Kier alpha value is -3.72. The van der Waals surface area contributed by atoms with Crippen molar-refractivity contribution < 1.29 is 13.9 Å². The molecule has 3 aliphatic rings. The van der Waals surface area contributed by atoms with Gasteiger partial charge in [0.25, 0.3) is 0 Å². The zero-order valence-electron chi connectivity index (χ0n) is 22.5. The molecule has 0 aliphatic carbocycles. The SMILES string of the molecule is C=CC(=O)N1CCN(c2nc(OC[C@@H]3CCCN3C)nc3c2CCN(c2ccc(F)c4ccccc24)C3)CC1. The maximum absolute atomic E-state index is 14.5. The molecule has 0 unspecified atom stereocenters. The molecule has 8 nitrogen and oxygen atoms in total. The first kappa shape index (κ1) is 25.6. The Kier molecular flexibility index (Phi) is 7.08. The molecule has 4 heterocycles. The summed E-state index contributed by atoms with van der Waals surface area (Å²) in [5, 5.41) is 1.53. The van der Waals surface area contributed by atoms with Crippen molar-refractivity contribution >= 4 is 28.2 Å². The van der Waals surface area contributed by atoms with Gasteiger partial charge in [0, 0.05) is 60.8 Å². The van der Waals surface area contributed by atoms with Crippen LogP contribution in [0, 0.1) is 5.82 Å². The van der Waals surface area contributed by atoms with Crippen molar-refractivity contribution in [2.75, 3.05) is 62.7 Å². The van der Waals surface area contributed by atoms with Crippen LogP contribution in [0.15, 0.2) is 49.1 Å². The molecule has 1 atom stereocenters. The van der Waals surface area contributed by atoms with Gasteiger partial charge >= 0.3 is 6.01 Å². The second-order valence-electron chi connectivity index (χ2n) is 10.6. The van der Waals surface area contributed by atoms with Crippen LogP contribution in [-0.4, -0.2) is 84.6 Å². The molecule has 39 heavy (non-hydrogen) atoms. The van der Waals surface area contributed by atoms with Gasteiger partial charge in [-0.15, -0.1) is 0 Å². The van der Waals surface area contributed by atoms with E-state index in [2.05, 4.69) is 28.3 Å². The molecule has 0 radical (unpaired) electrons. The zero-order valence-corrected chi connectivity index (χ0v) is 22.5. The number of anilines is 2. The van der Waals surface area contributed by atoms with E-state index in [1.165, 1.54) is 12.5 Å². The number of hydrogen-bond acceptors (Lipinski definition) is 7. The van der Waals surface area contributed by atoms with Crippen molar-refractivity contribution in [1.82, 2.24) is 19.8 Å². The van der Waals surface area contributed by atoms with Crippen LogP contribution in [-0.2, 0) is 17.8 Å². The molecule has 204 valence electrons. The predicted molar refractivity (Wildman–Crippen MR) is 151 cm³/mol. The number of nitrogens with zero attached hydrogens (tertiary/aromatic N) is 6. The summed E-state index contributed by atoms with van der Waals surface area (Å²) < 4.78 is 20.8. The van der Waals surface area contributed by atoms with E-state index >= 15 is 0 Å². The first-order chi connectivity index (χ1) is 19.0. The van der Waals surface area contributed by atoms with Gasteiger partial charge in [0.1, 0.15) is 18.2 Å². The van der Waals surface area contributed by atoms with E-state index in [0.29, 0.717) is 56.8 Å². The van der Waals surface area contributed by atoms with Crippen molar-refractivity contribution in [1.29, 1.82) is 0 Å². The fourth-order valence-corrected chi connectivity index (χ4v) is 6.07. The predicted octanol–water partition coefficient (Wildman–Crippen LogP) is 3.64. The molecular formula is C30H35FN6O2. The largest absolute Gasteiger partial charge is 0.462 e. The Morgan fingerprint density at radius 2 is 1.85 bits per heavy atom. The maximum atomic E-state index is 14.5. The van der Waals surface area contributed by atoms with E-state index in [9.17, 15) is 9.18 Å². The minimum Gasteiger partial charge on any atom is -0.462 e. The van der Waals surface area contributed by atoms with Gasteiger partial charge in [-0.25, -0.2) is 4.39 Å². The molecule has 0 bridgehead atoms. The topological polar surface area (TPSA) is 65.0 Å². The summed E-state index contributed by atoms with van der Waals surface area (Å²) in [5.74, 6) is 0.661. The summed E-state index contributed by atoms with van der Waals surface area (Å²) in [6.07, 6.45) is 4.43. The van der Waals surface area contributed by atoms with Gasteiger partial charge in [-0.3, -0.25) is 4.79 Å². The van der Waals surface area contributed by atoms with E-state index in [1.807, 2.05) is 35.2 Å². The van der Waals surface area contributed by atoms with Gasteiger partial charge in [0.15, 0.2) is 0 Å². The van der Waals surface area contributed by atoms with Crippen molar-refractivity contribution in [2.24, 2.45) is 0 Å². The van der Waals surface area contributed by atoms with Gasteiger partial charge in [-0.2, -0.15) is 9.97 Å². The van der Waals surface area contributed by atoms with Crippen LogP contribution in [0.3, 0.4) is 0 Å². The summed E-state index contributed by atoms with van der Waals surface area (Å²) in [4.78, 5) is 30.7. The Balaban J connectivity index is 1.31. The van der Waals surface area contributed by atoms with Crippen molar-refractivity contribution in [3.05, 3.63) is 66.1 Å². The number of hydrogen-bond donors (Lipinski definition) is 0. The molecule has 0 saturated carbocycles. The van der Waals surface area contributed by atoms with Crippen LogP contribution < -0.4 is 14.5 Å². The highest BCUT2D eigenvalue weighted by molar-refractivity contribution is 5.94. The third kappa shape index (κ3) is 5.03. The number of fused-ring (bicyclic) bond motifs is 2. The minimum absolute atomic E-state index is 0.0359. The normalized spacial score (nSPS) is 19.8. The molecular weight excluding hydrogens is 495 g/mol. The van der Waals surface area contributed by atoms with Gasteiger partial charge in [0.2, 0.25) is 5.91 Å². The average Bonchev–Trinajstić information content (AvgIpc) is 3.39. The standard InChI is InChI=1S/C30H35FN6O2/c1-3-28(38)35-15-17-36(18-16-35)29-24-12-14-37(27-11-10-25(31)22-8-4-5-9-23(22)27)19-26(24)32-30(33-29)39-20-21-7-6-13-34(21)2/h3-5,8-11,21H,1,6-7,12-20H2,2H3/t21-/m0/s1. The molecule has 3 aromatic rings. The number of likely N-dealkylation sites (tertiary alicyclic amines) is 1. The number of piperazine rings is 1. The Bertz CT molecular complexity index is 1390. The lowest BCUT2D eigenvalue weighted by atomic mass is 10.0. The van der Waals surface area contributed by atoms with Crippen LogP contribution in [0.25, 0.3) is 10.8 Å². The zero-order chi connectivity index (χ0) is 26.9. The maximum Gasteiger partial charge on any atom is 0.318 e. The van der Waals surface area contributed by atoms with Gasteiger partial charge in [-0.1, -0.05) is 30.8 Å². The molecule has 9 heteroatoms. The number of amides is 1. The highest BCUT2D eigenvalue weighted by Gasteiger charge is 2.30. The van der Waals surface area contributed by atoms with Crippen molar-refractivity contribution in [2.45, 2.75) is 31.8 Å². The fourth-order valence-electron chi connectivity index (χ4n) is 6.07. The summed E-state index contributed by atoms with van der Waals surface area (Å²) in [6.45, 7) is 9.28. The third-order valence-corrected chi connectivity index (χ3v) is 8.35. The molecule has 6 rings (SSSR count). The Morgan fingerprint density at radius 3 is 2.59 bits per heavy atom. The smallest absolute Gasteiger partial charge is 0.318 e. The minimum atomic E-state index is -0.210. The number of carbonyl (C=O) groups excluding carboxylic acids is 1. The second-order valence-corrected chi connectivity index (χ2v) is 10.6. The number of benzene rings is 2. The third-order valence-electron chi connectivity index (χ3n) is 8.35. The van der Waals surface area contributed by atoms with Gasteiger partial charge in [-0.05, 0) is 51.1 Å². The Morgan fingerprint density at radius 1 is 1.05 bits per heavy atom. The van der Waals surface area contributed by atoms with E-state index < -0.39 is 0 Å². The van der Waals surface area contributed by atoms with E-state index in [-0.39, 0.29) is 11.7 Å². The monoisotopic (exact) mass is 530 g/mol. The van der Waals surface area contributed by atoms with E-state index in [4.69, 9.17) is 14.7 Å². The quantitative estimate of drug-likeness (QED) is 0.451. The summed E-state index contributed by atoms with van der Waals surface area (Å²) in [7, 11) is 2.13. The highest BCUT2D eigenvalue weighted by atomic mass is 19.1. The highest BCUT2D eigenvalue weighted by Crippen LogP contribution is 2.35. The van der Waals surface area contributed by atoms with Crippen LogP contribution >= 0.6 is 0 Å². The number of halogens is 1. The fraction of sp³-hybridized carbons (Fsp3) is 0.433. The first-order valence-corrected chi connectivity index (χ1v) is 13.8. The average molecular weight is 531 g/mol. The molecule has 2 saturated heterocycles. The van der Waals surface area contributed by atoms with Crippen LogP contribution in [0.4, 0.5) is 15.9 Å². The number of likely N-dealkylation sites (N-methyl/N-ethyl adjacent to an activating group) is 1. The van der Waals surface area contributed by atoms with Gasteiger partial charge < -0.3 is 24.3 Å². The molecule has 0 spiro atoms. The summed E-state index contributed by atoms with van der Waals surface area (Å²) in [6, 6.07) is 11.8. The molecule has 2 aromatic carbocycles. The number of ether oxygens (including phenoxy) is 1. The molecule has 0 N–H and O–H groups in total. The summed E-state index contributed by atoms with van der Waals surface area (Å²) in [5.41, 5.74) is 3.08. The number of rotatable bonds is 6. The van der Waals surface area contributed by atoms with Crippen molar-refractivity contribution in [3.63, 3.8) is 0 Å². The lowest BCUT2D eigenvalue weighted by Crippen LogP contribution is -2.49. The number of carbonyl (C=O) groups is 1.